The number of hydrogen-bond donors (Lipinski definition) is 0. The zero-order valence-electron chi connectivity index (χ0n) is 4.71. The van der Waals surface area contributed by atoms with E-state index in [2.05, 4.69) is 13.8 Å². The molecule has 0 amide bonds. The van der Waals surface area contributed by atoms with Crippen LogP contribution in [0.4, 0.5) is 0 Å². The normalized spacial score (nSPS) is 2.25. The minimum atomic E-state index is 0. The second-order valence-corrected chi connectivity index (χ2v) is 0.707. The van der Waals surface area contributed by atoms with Crippen LogP contribution >= 0.6 is 54.0 Å². The lowest BCUT2D eigenvalue weighted by Gasteiger charge is -1.48. The molecule has 0 N–H and O–H groups in total. The first-order valence-electron chi connectivity index (χ1n) is 1.41. The predicted molar refractivity (Wildman–Crippen MR) is 64.2 cm³/mol. The highest BCUT2D eigenvalue weighted by Crippen LogP contribution is 1.56. The maximum atomic E-state index is 2.12. The third-order valence-electron chi connectivity index (χ3n) is 0. The molecule has 0 nitrogen and oxygen atoms in total. The average Bonchev–Trinajstić information content (AvgIpc) is 0.918. The van der Waals surface area contributed by atoms with E-state index >= 15 is 0 Å². The molecule has 0 unspecified atom stereocenters. The van der Waals surface area contributed by atoms with Crippen LogP contribution in [0, 0.1) is 0 Å². The van der Waals surface area contributed by atoms with Crippen LogP contribution in [0.25, 0.3) is 0 Å². The molecule has 60 valence electrons. The fourth-order valence-electron chi connectivity index (χ4n) is 0. The van der Waals surface area contributed by atoms with E-state index in [1.165, 1.54) is 6.42 Å². The Balaban J connectivity index is -0.00000000200. The van der Waals surface area contributed by atoms with Gasteiger partial charge >= 0.3 is 0 Å². The number of hydrogen-bond acceptors (Lipinski definition) is 0. The van der Waals surface area contributed by atoms with Gasteiger partial charge in [-0.3, -0.25) is 0 Å². The molecular formula is C4H20S4. The van der Waals surface area contributed by atoms with E-state index in [1.807, 2.05) is 0 Å². The Hall–Kier alpha value is 1.40. The third-order valence-corrected chi connectivity index (χ3v) is 0. The van der Waals surface area contributed by atoms with Crippen molar-refractivity contribution in [1.29, 1.82) is 0 Å². The van der Waals surface area contributed by atoms with Crippen molar-refractivity contribution in [2.45, 2.75) is 27.7 Å². The zero-order chi connectivity index (χ0) is 2.71. The molecule has 8 heavy (non-hydrogen) atoms. The summed E-state index contributed by atoms with van der Waals surface area (Å²) in [5.41, 5.74) is 0. The summed E-state index contributed by atoms with van der Waals surface area (Å²) in [5, 5.41) is 0. The molecule has 0 aliphatic heterocycles. The van der Waals surface area contributed by atoms with E-state index in [4.69, 9.17) is 0 Å². The van der Waals surface area contributed by atoms with Crippen molar-refractivity contribution in [2.75, 3.05) is 0 Å². The topological polar surface area (TPSA) is 0 Å². The minimum Gasteiger partial charge on any atom is -0.197 e. The summed E-state index contributed by atoms with van der Waals surface area (Å²) < 4.78 is 0. The lowest BCUT2D eigenvalue weighted by molar-refractivity contribution is 1.09. The monoisotopic (exact) mass is 196 g/mol. The molecule has 0 aromatic heterocycles. The predicted octanol–water partition coefficient (Wildman–Crippen LogP) is 2.50. The Morgan fingerprint density at radius 2 is 0.750 bits per heavy atom. The van der Waals surface area contributed by atoms with Gasteiger partial charge in [-0.2, -0.15) is 54.0 Å². The lowest BCUT2D eigenvalue weighted by Crippen LogP contribution is -1.27. The van der Waals surface area contributed by atoms with Crippen LogP contribution in [0.2, 0.25) is 0 Å². The summed E-state index contributed by atoms with van der Waals surface area (Å²) in [7, 11) is 0. The van der Waals surface area contributed by atoms with Gasteiger partial charge in [-0.05, 0) is 0 Å². The van der Waals surface area contributed by atoms with Gasteiger partial charge < -0.3 is 0 Å². The largest absolute Gasteiger partial charge is 0.197 e. The fourth-order valence-corrected chi connectivity index (χ4v) is 0. The first-order valence-corrected chi connectivity index (χ1v) is 1.41. The van der Waals surface area contributed by atoms with Gasteiger partial charge in [-0.15, -0.1) is 0 Å². The van der Waals surface area contributed by atoms with Crippen LogP contribution in [-0.2, 0) is 0 Å². The summed E-state index contributed by atoms with van der Waals surface area (Å²) in [6.45, 7) is 4.25. The molecule has 4 heteroatoms. The van der Waals surface area contributed by atoms with Crippen LogP contribution in [0.5, 0.6) is 0 Å². The van der Waals surface area contributed by atoms with Crippen LogP contribution in [0.15, 0.2) is 0 Å². The highest BCUT2D eigenvalue weighted by atomic mass is 32.1. The maximum absolute atomic E-state index is 2.12. The lowest BCUT2D eigenvalue weighted by atomic mass is 10.6. The molecule has 0 aromatic carbocycles. The van der Waals surface area contributed by atoms with E-state index in [0.717, 1.165) is 0 Å². The van der Waals surface area contributed by atoms with Crippen LogP contribution in [-0.4, -0.2) is 0 Å². The van der Waals surface area contributed by atoms with Crippen molar-refractivity contribution in [1.82, 2.24) is 0 Å². The van der Waals surface area contributed by atoms with Gasteiger partial charge in [0.15, 0.2) is 0 Å². The van der Waals surface area contributed by atoms with Gasteiger partial charge in [0.1, 0.15) is 0 Å². The van der Waals surface area contributed by atoms with E-state index in [0.29, 0.717) is 0 Å². The van der Waals surface area contributed by atoms with E-state index < -0.39 is 0 Å². The van der Waals surface area contributed by atoms with Crippen molar-refractivity contribution in [3.05, 3.63) is 0 Å². The third kappa shape index (κ3) is 155. The molecule has 0 aliphatic carbocycles. The molecular weight excluding hydrogens is 176 g/mol. The summed E-state index contributed by atoms with van der Waals surface area (Å²) in [4.78, 5) is 0. The molecule has 0 aromatic rings. The highest BCUT2D eigenvalue weighted by molar-refractivity contribution is 7.59. The molecule has 0 fully saturated rings. The second-order valence-electron chi connectivity index (χ2n) is 0.707. The Morgan fingerprint density at radius 3 is 0.750 bits per heavy atom. The Bertz CT molecular complexity index is 8.00. The quantitative estimate of drug-likeness (QED) is 0.558. The standard InChI is InChI=1S/C3H8.CH4.4H2S/c1-3-2;;;;;/h3H2,1-2H3;1H4;4*1H2. The van der Waals surface area contributed by atoms with E-state index in [-0.39, 0.29) is 61.4 Å². The summed E-state index contributed by atoms with van der Waals surface area (Å²) >= 11 is 0. The first kappa shape index (κ1) is 57.4. The minimum absolute atomic E-state index is 0. The fraction of sp³-hybridized carbons (Fsp3) is 1.00. The van der Waals surface area contributed by atoms with E-state index in [9.17, 15) is 0 Å². The molecule has 0 radical (unpaired) electrons. The molecule has 0 rings (SSSR count). The molecule has 0 aliphatic rings. The molecule has 0 bridgehead atoms. The van der Waals surface area contributed by atoms with E-state index in [1.54, 1.807) is 0 Å². The summed E-state index contributed by atoms with van der Waals surface area (Å²) in [6.07, 6.45) is 1.25. The Morgan fingerprint density at radius 1 is 0.750 bits per heavy atom. The highest BCUT2D eigenvalue weighted by Gasteiger charge is 1.35. The maximum Gasteiger partial charge on any atom is -0.0590 e. The molecule has 0 heterocycles. The molecule has 0 saturated heterocycles. The molecule has 0 saturated carbocycles. The van der Waals surface area contributed by atoms with Crippen molar-refractivity contribution in [2.24, 2.45) is 0 Å². The smallest absolute Gasteiger partial charge is 0.0590 e. The Labute approximate surface area is 81.6 Å². The van der Waals surface area contributed by atoms with Gasteiger partial charge in [-0.25, -0.2) is 0 Å². The van der Waals surface area contributed by atoms with Crippen LogP contribution < -0.4 is 0 Å². The van der Waals surface area contributed by atoms with Crippen molar-refractivity contribution in [3.63, 3.8) is 0 Å². The van der Waals surface area contributed by atoms with Crippen molar-refractivity contribution >= 4 is 54.0 Å². The first-order chi connectivity index (χ1) is 1.41. The zero-order valence-corrected chi connectivity index (χ0v) is 8.71. The van der Waals surface area contributed by atoms with Crippen molar-refractivity contribution < 1.29 is 0 Å². The summed E-state index contributed by atoms with van der Waals surface area (Å²) in [6, 6.07) is 0. The molecule has 0 atom stereocenters. The van der Waals surface area contributed by atoms with Gasteiger partial charge in [0, 0.05) is 0 Å². The van der Waals surface area contributed by atoms with Crippen molar-refractivity contribution in [3.8, 4) is 0 Å². The van der Waals surface area contributed by atoms with Gasteiger partial charge in [0.2, 0.25) is 0 Å². The number of rotatable bonds is 0. The molecule has 0 spiro atoms. The average molecular weight is 196 g/mol. The van der Waals surface area contributed by atoms with Gasteiger partial charge in [0.25, 0.3) is 0 Å². The van der Waals surface area contributed by atoms with Crippen LogP contribution in [0.3, 0.4) is 0 Å². The van der Waals surface area contributed by atoms with Crippen LogP contribution in [0.1, 0.15) is 27.7 Å². The second kappa shape index (κ2) is 79.9. The summed E-state index contributed by atoms with van der Waals surface area (Å²) in [5.74, 6) is 0. The van der Waals surface area contributed by atoms with Gasteiger partial charge in [0.05, 0.1) is 0 Å². The SMILES string of the molecule is C.CCC.S.S.S.S. The van der Waals surface area contributed by atoms with Gasteiger partial charge in [-0.1, -0.05) is 27.7 Å². The Kier molecular flexibility index (Phi) is 573.